The molecule has 0 saturated carbocycles. The van der Waals surface area contributed by atoms with Crippen LogP contribution in [0.3, 0.4) is 0 Å². The van der Waals surface area contributed by atoms with Crippen molar-refractivity contribution >= 4 is 5.69 Å². The van der Waals surface area contributed by atoms with E-state index in [1.165, 1.54) is 12.1 Å². The molecular weight excluding hydrogens is 294 g/mol. The zero-order chi connectivity index (χ0) is 17.4. The van der Waals surface area contributed by atoms with Crippen LogP contribution in [-0.4, -0.2) is 46.5 Å². The summed E-state index contributed by atoms with van der Waals surface area (Å²) in [7, 11) is 1.97. The highest BCUT2D eigenvalue weighted by molar-refractivity contribution is 5.49. The van der Waals surface area contributed by atoms with Crippen LogP contribution in [0.4, 0.5) is 5.69 Å². The number of benzene rings is 1. The maximum atomic E-state index is 11.2. The van der Waals surface area contributed by atoms with Gasteiger partial charge in [0.25, 0.3) is 5.69 Å². The number of phenolic OH excluding ortho intramolecular Hbond substituents is 1. The second-order valence-electron chi connectivity index (χ2n) is 5.92. The summed E-state index contributed by atoms with van der Waals surface area (Å²) in [5, 5.41) is 21.7. The standard InChI is InChI=1S/C17H29N3O3/c1-5-8-9-18(4)12-14-10-16(20(22)23)11-15(17(14)21)13-19(6-2)7-3/h10-11,21H,5-9,12-13H2,1-4H3. The van der Waals surface area contributed by atoms with Gasteiger partial charge in [-0.1, -0.05) is 27.2 Å². The first-order chi connectivity index (χ1) is 10.9. The number of hydrogen-bond donors (Lipinski definition) is 1. The molecule has 0 fully saturated rings. The molecule has 0 aromatic heterocycles. The van der Waals surface area contributed by atoms with E-state index in [1.807, 2.05) is 20.9 Å². The van der Waals surface area contributed by atoms with Crippen molar-refractivity contribution < 1.29 is 10.0 Å². The predicted molar refractivity (Wildman–Crippen MR) is 92.6 cm³/mol. The topological polar surface area (TPSA) is 69.8 Å². The quantitative estimate of drug-likeness (QED) is 0.528. The Morgan fingerprint density at radius 2 is 1.70 bits per heavy atom. The molecule has 0 aliphatic rings. The normalized spacial score (nSPS) is 11.4. The minimum absolute atomic E-state index is 0.0452. The van der Waals surface area contributed by atoms with E-state index in [4.69, 9.17) is 0 Å². The van der Waals surface area contributed by atoms with E-state index in [0.29, 0.717) is 24.2 Å². The van der Waals surface area contributed by atoms with Gasteiger partial charge in [0.2, 0.25) is 0 Å². The van der Waals surface area contributed by atoms with Gasteiger partial charge in [0, 0.05) is 36.3 Å². The number of aromatic hydroxyl groups is 1. The molecule has 0 aliphatic carbocycles. The number of nitrogens with zero attached hydrogens (tertiary/aromatic N) is 3. The van der Waals surface area contributed by atoms with Crippen molar-refractivity contribution in [2.75, 3.05) is 26.7 Å². The second kappa shape index (κ2) is 9.47. The Hall–Kier alpha value is -1.66. The van der Waals surface area contributed by atoms with Crippen molar-refractivity contribution in [3.05, 3.63) is 33.4 Å². The third kappa shape index (κ3) is 5.80. The largest absolute Gasteiger partial charge is 0.507 e. The van der Waals surface area contributed by atoms with E-state index in [2.05, 4.69) is 16.7 Å². The first-order valence-electron chi connectivity index (χ1n) is 8.32. The average molecular weight is 323 g/mol. The summed E-state index contributed by atoms with van der Waals surface area (Å²) < 4.78 is 0. The summed E-state index contributed by atoms with van der Waals surface area (Å²) in [6, 6.07) is 2.98. The Bertz CT molecular complexity index is 516. The molecule has 1 aromatic rings. The van der Waals surface area contributed by atoms with E-state index in [0.717, 1.165) is 32.5 Å². The molecule has 23 heavy (non-hydrogen) atoms. The Labute approximate surface area is 138 Å². The van der Waals surface area contributed by atoms with Gasteiger partial charge in [-0.2, -0.15) is 0 Å². The van der Waals surface area contributed by atoms with Gasteiger partial charge < -0.3 is 10.0 Å². The first kappa shape index (κ1) is 19.4. The van der Waals surface area contributed by atoms with Crippen LogP contribution < -0.4 is 0 Å². The number of nitro groups is 1. The number of nitro benzene ring substituents is 1. The van der Waals surface area contributed by atoms with E-state index in [1.54, 1.807) is 0 Å². The number of rotatable bonds is 10. The van der Waals surface area contributed by atoms with Crippen molar-refractivity contribution in [1.29, 1.82) is 0 Å². The van der Waals surface area contributed by atoms with Crippen molar-refractivity contribution in [3.8, 4) is 5.75 Å². The molecule has 1 N–H and O–H groups in total. The molecule has 0 bridgehead atoms. The third-order valence-corrected chi connectivity index (χ3v) is 4.09. The van der Waals surface area contributed by atoms with E-state index >= 15 is 0 Å². The van der Waals surface area contributed by atoms with Crippen LogP contribution in [-0.2, 0) is 13.1 Å². The van der Waals surface area contributed by atoms with Gasteiger partial charge in [-0.15, -0.1) is 0 Å². The molecule has 6 heteroatoms. The highest BCUT2D eigenvalue weighted by Gasteiger charge is 2.18. The molecule has 0 amide bonds. The lowest BCUT2D eigenvalue weighted by molar-refractivity contribution is -0.385. The molecule has 130 valence electrons. The summed E-state index contributed by atoms with van der Waals surface area (Å²) >= 11 is 0. The van der Waals surface area contributed by atoms with Crippen LogP contribution in [0.25, 0.3) is 0 Å². The summed E-state index contributed by atoms with van der Waals surface area (Å²) in [5.74, 6) is 0.186. The van der Waals surface area contributed by atoms with Gasteiger partial charge in [-0.3, -0.25) is 15.0 Å². The van der Waals surface area contributed by atoms with Gasteiger partial charge in [-0.05, 0) is 33.1 Å². The lowest BCUT2D eigenvalue weighted by atomic mass is 10.1. The third-order valence-electron chi connectivity index (χ3n) is 4.09. The summed E-state index contributed by atoms with van der Waals surface area (Å²) in [6.07, 6.45) is 2.16. The van der Waals surface area contributed by atoms with Gasteiger partial charge >= 0.3 is 0 Å². The lowest BCUT2D eigenvalue weighted by Crippen LogP contribution is -2.23. The second-order valence-corrected chi connectivity index (χ2v) is 5.92. The summed E-state index contributed by atoms with van der Waals surface area (Å²) in [5.41, 5.74) is 1.30. The average Bonchev–Trinajstić information content (AvgIpc) is 2.53. The zero-order valence-corrected chi connectivity index (χ0v) is 14.7. The lowest BCUT2D eigenvalue weighted by Gasteiger charge is -2.21. The fourth-order valence-electron chi connectivity index (χ4n) is 2.57. The zero-order valence-electron chi connectivity index (χ0n) is 14.7. The minimum Gasteiger partial charge on any atom is -0.507 e. The van der Waals surface area contributed by atoms with Gasteiger partial charge in [-0.25, -0.2) is 0 Å². The predicted octanol–water partition coefficient (Wildman–Crippen LogP) is 3.37. The van der Waals surface area contributed by atoms with Crippen LogP contribution in [0, 0.1) is 10.1 Å². The van der Waals surface area contributed by atoms with E-state index < -0.39 is 0 Å². The molecule has 0 saturated heterocycles. The van der Waals surface area contributed by atoms with Crippen molar-refractivity contribution in [2.24, 2.45) is 0 Å². The van der Waals surface area contributed by atoms with Crippen molar-refractivity contribution in [2.45, 2.75) is 46.7 Å². The van der Waals surface area contributed by atoms with Crippen LogP contribution in [0.5, 0.6) is 5.75 Å². The molecule has 0 spiro atoms. The molecule has 1 aromatic carbocycles. The van der Waals surface area contributed by atoms with Gasteiger partial charge in [0.15, 0.2) is 0 Å². The number of non-ortho nitro benzene ring substituents is 1. The van der Waals surface area contributed by atoms with Gasteiger partial charge in [0.1, 0.15) is 5.75 Å². The van der Waals surface area contributed by atoms with E-state index in [9.17, 15) is 15.2 Å². The van der Waals surface area contributed by atoms with Crippen LogP contribution in [0.1, 0.15) is 44.7 Å². The van der Waals surface area contributed by atoms with E-state index in [-0.39, 0.29) is 16.4 Å². The van der Waals surface area contributed by atoms with Gasteiger partial charge in [0.05, 0.1) is 4.92 Å². The number of unbranched alkanes of at least 4 members (excludes halogenated alkanes) is 1. The molecular formula is C17H29N3O3. The molecule has 0 heterocycles. The summed E-state index contributed by atoms with van der Waals surface area (Å²) in [4.78, 5) is 15.0. The number of hydrogen-bond acceptors (Lipinski definition) is 5. The fraction of sp³-hybridized carbons (Fsp3) is 0.647. The highest BCUT2D eigenvalue weighted by Crippen LogP contribution is 2.30. The molecule has 0 radical (unpaired) electrons. The Kier molecular flexibility index (Phi) is 7.98. The molecule has 6 nitrogen and oxygen atoms in total. The van der Waals surface area contributed by atoms with Crippen molar-refractivity contribution in [3.63, 3.8) is 0 Å². The van der Waals surface area contributed by atoms with Crippen LogP contribution in [0.15, 0.2) is 12.1 Å². The highest BCUT2D eigenvalue weighted by atomic mass is 16.6. The fourth-order valence-corrected chi connectivity index (χ4v) is 2.57. The number of phenols is 1. The monoisotopic (exact) mass is 323 g/mol. The molecule has 0 unspecified atom stereocenters. The Morgan fingerprint density at radius 1 is 1.13 bits per heavy atom. The minimum atomic E-state index is -0.388. The first-order valence-corrected chi connectivity index (χ1v) is 8.32. The summed E-state index contributed by atoms with van der Waals surface area (Å²) in [6.45, 7) is 9.82. The molecule has 0 atom stereocenters. The van der Waals surface area contributed by atoms with Crippen LogP contribution >= 0.6 is 0 Å². The van der Waals surface area contributed by atoms with Crippen LogP contribution in [0.2, 0.25) is 0 Å². The SMILES string of the molecule is CCCCN(C)Cc1cc([N+](=O)[O-])cc(CN(CC)CC)c1O. The van der Waals surface area contributed by atoms with Crippen molar-refractivity contribution in [1.82, 2.24) is 9.80 Å². The molecule has 1 rings (SSSR count). The molecule has 0 aliphatic heterocycles. The maximum absolute atomic E-state index is 11.2. The smallest absolute Gasteiger partial charge is 0.270 e. The maximum Gasteiger partial charge on any atom is 0.270 e. The Balaban J connectivity index is 3.08. The Morgan fingerprint density at radius 3 is 2.17 bits per heavy atom.